The van der Waals surface area contributed by atoms with Crippen LogP contribution in [0, 0.1) is 6.92 Å². The van der Waals surface area contributed by atoms with Gasteiger partial charge in [-0.1, -0.05) is 23.9 Å². The van der Waals surface area contributed by atoms with E-state index < -0.39 is 10.7 Å². The molecule has 9 nitrogen and oxygen atoms in total. The van der Waals surface area contributed by atoms with E-state index in [1.54, 1.807) is 74.4 Å². The van der Waals surface area contributed by atoms with Crippen molar-refractivity contribution in [1.29, 1.82) is 0 Å². The summed E-state index contributed by atoms with van der Waals surface area (Å²) in [5.74, 6) is 1.47. The van der Waals surface area contributed by atoms with Crippen LogP contribution in [0.5, 0.6) is 11.5 Å². The summed E-state index contributed by atoms with van der Waals surface area (Å²) >= 11 is 1.01. The van der Waals surface area contributed by atoms with Crippen LogP contribution in [-0.2, 0) is 9.54 Å². The first-order valence-electron chi connectivity index (χ1n) is 9.96. The maximum atomic E-state index is 12.4. The fourth-order valence-electron chi connectivity index (χ4n) is 3.34. The second-order valence-corrected chi connectivity index (χ2v) is 8.60. The highest BCUT2D eigenvalue weighted by molar-refractivity contribution is 8.00. The predicted octanol–water partition coefficient (Wildman–Crippen LogP) is 4.34. The minimum absolute atomic E-state index is 0.303. The van der Waals surface area contributed by atoms with Crippen LogP contribution in [-0.4, -0.2) is 45.0 Å². The first-order valence-corrected chi connectivity index (χ1v) is 10.8. The molecule has 0 spiro atoms. The molecule has 0 aliphatic heterocycles. The Morgan fingerprint density at radius 3 is 2.33 bits per heavy atom. The van der Waals surface area contributed by atoms with Crippen LogP contribution < -0.4 is 9.47 Å². The number of carboxylic acids is 1. The Morgan fingerprint density at radius 2 is 1.79 bits per heavy atom. The first kappa shape index (κ1) is 22.4. The number of ether oxygens (including phenoxy) is 2. The third-order valence-electron chi connectivity index (χ3n) is 5.08. The number of benzene rings is 1. The average molecular weight is 467 g/mol. The van der Waals surface area contributed by atoms with E-state index in [1.165, 1.54) is 0 Å². The number of methoxy groups -OCH3 is 2. The van der Waals surface area contributed by atoms with Crippen molar-refractivity contribution in [2.75, 3.05) is 14.2 Å². The number of thioether (sulfide) groups is 1. The van der Waals surface area contributed by atoms with E-state index in [2.05, 4.69) is 15.2 Å². The van der Waals surface area contributed by atoms with Crippen molar-refractivity contribution in [2.24, 2.45) is 0 Å². The molecule has 0 bridgehead atoms. The molecule has 0 saturated carbocycles. The van der Waals surface area contributed by atoms with Crippen LogP contribution in [0.1, 0.15) is 18.4 Å². The Balaban J connectivity index is 1.96. The van der Waals surface area contributed by atoms with E-state index in [-0.39, 0.29) is 0 Å². The minimum Gasteiger partial charge on any atom is -0.494 e. The molecule has 33 heavy (non-hydrogen) atoms. The number of furan rings is 1. The molecule has 3 aromatic heterocycles. The summed E-state index contributed by atoms with van der Waals surface area (Å²) < 4.78 is 17.2. The maximum absolute atomic E-state index is 12.4. The highest BCUT2D eigenvalue weighted by Crippen LogP contribution is 2.44. The number of hydrogen-bond donors (Lipinski definition) is 1. The molecule has 10 heteroatoms. The molecule has 1 N–H and O–H groups in total. The number of aliphatic carboxylic acids is 1. The Labute approximate surface area is 194 Å². The molecule has 4 aromatic rings. The highest BCUT2D eigenvalue weighted by atomic mass is 32.2. The SMILES string of the molecule is COc1cccc(OC)c1-n1c(SC(C)(C(=O)O)c2ccccn2)nnc1-c1ccc(C)o1. The van der Waals surface area contributed by atoms with Crippen LogP contribution in [0.25, 0.3) is 17.3 Å². The van der Waals surface area contributed by atoms with Crippen molar-refractivity contribution in [2.45, 2.75) is 23.8 Å². The largest absolute Gasteiger partial charge is 0.494 e. The minimum atomic E-state index is -1.45. The normalized spacial score (nSPS) is 12.8. The molecule has 0 amide bonds. The lowest BCUT2D eigenvalue weighted by molar-refractivity contribution is -0.139. The number of carboxylic acid groups (broad SMARTS) is 1. The molecular weight excluding hydrogens is 444 g/mol. The van der Waals surface area contributed by atoms with Gasteiger partial charge >= 0.3 is 5.97 Å². The fraction of sp³-hybridized carbons (Fsp3) is 0.217. The van der Waals surface area contributed by atoms with Gasteiger partial charge in [-0.2, -0.15) is 0 Å². The third kappa shape index (κ3) is 4.05. The van der Waals surface area contributed by atoms with Gasteiger partial charge in [0.2, 0.25) is 5.82 Å². The summed E-state index contributed by atoms with van der Waals surface area (Å²) in [7, 11) is 3.09. The molecule has 0 aliphatic rings. The van der Waals surface area contributed by atoms with Gasteiger partial charge in [0.15, 0.2) is 15.7 Å². The molecular formula is C23H22N4O5S. The summed E-state index contributed by atoms with van der Waals surface area (Å²) in [6.45, 7) is 3.41. The number of aromatic nitrogens is 4. The number of aryl methyl sites for hydroxylation is 1. The van der Waals surface area contributed by atoms with Gasteiger partial charge in [-0.3, -0.25) is 14.3 Å². The van der Waals surface area contributed by atoms with E-state index >= 15 is 0 Å². The van der Waals surface area contributed by atoms with E-state index in [1.807, 2.05) is 13.0 Å². The molecule has 1 aromatic carbocycles. The summed E-state index contributed by atoms with van der Waals surface area (Å²) in [5, 5.41) is 19.1. The van der Waals surface area contributed by atoms with Crippen molar-refractivity contribution in [3.63, 3.8) is 0 Å². The highest BCUT2D eigenvalue weighted by Gasteiger charge is 2.41. The molecule has 0 aliphatic carbocycles. The topological polar surface area (TPSA) is 112 Å². The van der Waals surface area contributed by atoms with Crippen molar-refractivity contribution in [1.82, 2.24) is 19.7 Å². The molecule has 1 unspecified atom stereocenters. The van der Waals surface area contributed by atoms with E-state index in [4.69, 9.17) is 13.9 Å². The molecule has 0 fully saturated rings. The summed E-state index contributed by atoms with van der Waals surface area (Å²) in [5.41, 5.74) is 0.896. The quantitative estimate of drug-likeness (QED) is 0.379. The average Bonchev–Trinajstić information content (AvgIpc) is 3.44. The molecule has 3 heterocycles. The number of nitrogens with zero attached hydrogens (tertiary/aromatic N) is 4. The number of rotatable bonds is 8. The molecule has 0 radical (unpaired) electrons. The van der Waals surface area contributed by atoms with Gasteiger partial charge in [0, 0.05) is 6.20 Å². The van der Waals surface area contributed by atoms with Gasteiger partial charge in [-0.15, -0.1) is 10.2 Å². The molecule has 1 atom stereocenters. The molecule has 4 rings (SSSR count). The van der Waals surface area contributed by atoms with Crippen molar-refractivity contribution < 1.29 is 23.8 Å². The Kier molecular flexibility index (Phi) is 6.10. The second kappa shape index (κ2) is 8.99. The van der Waals surface area contributed by atoms with E-state index in [9.17, 15) is 9.90 Å². The van der Waals surface area contributed by atoms with Crippen LogP contribution in [0.4, 0.5) is 0 Å². The number of para-hydroxylation sites is 1. The lowest BCUT2D eigenvalue weighted by atomic mass is 10.1. The standard InChI is InChI=1S/C23H22N4O5S/c1-14-11-12-17(32-14)20-25-26-22(27(20)19-15(30-3)8-7-9-16(19)31-4)33-23(2,21(28)29)18-10-5-6-13-24-18/h5-13H,1-4H3,(H,28,29). The number of pyridine rings is 1. The van der Waals surface area contributed by atoms with Crippen molar-refractivity contribution in [3.05, 3.63) is 66.2 Å². The molecule has 0 saturated heterocycles. The first-order chi connectivity index (χ1) is 15.9. The van der Waals surface area contributed by atoms with Gasteiger partial charge in [-0.05, 0) is 50.2 Å². The van der Waals surface area contributed by atoms with Gasteiger partial charge < -0.3 is 19.0 Å². The van der Waals surface area contributed by atoms with Crippen LogP contribution in [0.2, 0.25) is 0 Å². The van der Waals surface area contributed by atoms with Gasteiger partial charge in [0.05, 0.1) is 19.9 Å². The monoisotopic (exact) mass is 466 g/mol. The second-order valence-electron chi connectivity index (χ2n) is 7.22. The Bertz CT molecular complexity index is 1270. The lowest BCUT2D eigenvalue weighted by Crippen LogP contribution is -2.30. The zero-order valence-corrected chi connectivity index (χ0v) is 19.3. The van der Waals surface area contributed by atoms with E-state index in [0.29, 0.717) is 45.4 Å². The smallest absolute Gasteiger partial charge is 0.326 e. The number of carbonyl (C=O) groups is 1. The van der Waals surface area contributed by atoms with Crippen LogP contribution in [0.15, 0.2) is 64.3 Å². The van der Waals surface area contributed by atoms with Gasteiger partial charge in [-0.25, -0.2) is 0 Å². The zero-order valence-electron chi connectivity index (χ0n) is 18.5. The maximum Gasteiger partial charge on any atom is 0.326 e. The summed E-state index contributed by atoms with van der Waals surface area (Å²) in [4.78, 5) is 16.7. The zero-order chi connectivity index (χ0) is 23.6. The van der Waals surface area contributed by atoms with E-state index in [0.717, 1.165) is 11.8 Å². The summed E-state index contributed by atoms with van der Waals surface area (Å²) in [6, 6.07) is 14.1. The third-order valence-corrected chi connectivity index (χ3v) is 6.32. The van der Waals surface area contributed by atoms with Gasteiger partial charge in [0.1, 0.15) is 22.9 Å². The predicted molar refractivity (Wildman–Crippen MR) is 122 cm³/mol. The summed E-state index contributed by atoms with van der Waals surface area (Å²) in [6.07, 6.45) is 1.56. The number of hydrogen-bond acceptors (Lipinski definition) is 8. The van der Waals surface area contributed by atoms with Crippen LogP contribution >= 0.6 is 11.8 Å². The van der Waals surface area contributed by atoms with Gasteiger partial charge in [0.25, 0.3) is 0 Å². The van der Waals surface area contributed by atoms with Crippen molar-refractivity contribution >= 4 is 17.7 Å². The lowest BCUT2D eigenvalue weighted by Gasteiger charge is -2.24. The fourth-order valence-corrected chi connectivity index (χ4v) is 4.37. The van der Waals surface area contributed by atoms with Crippen LogP contribution in [0.3, 0.4) is 0 Å². The molecule has 170 valence electrons. The Morgan fingerprint density at radius 1 is 1.06 bits per heavy atom. The van der Waals surface area contributed by atoms with Crippen molar-refractivity contribution in [3.8, 4) is 28.8 Å². The Hall–Kier alpha value is -3.79.